The number of hydrogen-bond acceptors (Lipinski definition) is 5. The molecule has 0 radical (unpaired) electrons. The molecule has 3 N–H and O–H groups in total. The van der Waals surface area contributed by atoms with Crippen LogP contribution in [0.25, 0.3) is 11.0 Å². The Balaban J connectivity index is 1.54. The van der Waals surface area contributed by atoms with E-state index in [2.05, 4.69) is 24.1 Å². The summed E-state index contributed by atoms with van der Waals surface area (Å²) in [5.41, 5.74) is 7.26. The number of benzene rings is 1. The molecule has 4 rings (SSSR count). The molecule has 3 amide bonds. The van der Waals surface area contributed by atoms with Gasteiger partial charge in [0.05, 0.1) is 13.2 Å². The highest BCUT2D eigenvalue weighted by Crippen LogP contribution is 2.34. The Morgan fingerprint density at radius 3 is 2.83 bits per heavy atom. The van der Waals surface area contributed by atoms with Crippen LogP contribution in [-0.4, -0.2) is 66.2 Å². The molecule has 2 aliphatic rings. The van der Waals surface area contributed by atoms with Crippen LogP contribution in [0.3, 0.4) is 0 Å². The standard InChI is InChI=1S/C21H28N4O4/c1-13-4-5-15-16(10-13)29-18(19(22)26)17(15)23-20(27)24-7-6-21(3,12-24)25-8-9-28-11-14(25)2/h4-5,10,14H,6-9,11-12H2,1-3H3,(H2,22,26)(H,23,27)/t14-,21+/m0/s1. The van der Waals surface area contributed by atoms with Gasteiger partial charge in [0.15, 0.2) is 0 Å². The summed E-state index contributed by atoms with van der Waals surface area (Å²) in [5.74, 6) is -0.731. The number of nitrogens with one attached hydrogen (secondary N) is 1. The van der Waals surface area contributed by atoms with E-state index in [4.69, 9.17) is 14.9 Å². The van der Waals surface area contributed by atoms with Crippen molar-refractivity contribution in [2.24, 2.45) is 5.73 Å². The zero-order valence-electron chi connectivity index (χ0n) is 17.2. The van der Waals surface area contributed by atoms with E-state index in [1.807, 2.05) is 25.1 Å². The van der Waals surface area contributed by atoms with Gasteiger partial charge in [-0.3, -0.25) is 9.69 Å². The normalized spacial score (nSPS) is 25.5. The summed E-state index contributed by atoms with van der Waals surface area (Å²) in [7, 11) is 0. The summed E-state index contributed by atoms with van der Waals surface area (Å²) in [6, 6.07) is 5.63. The first-order chi connectivity index (χ1) is 13.8. The molecule has 2 aliphatic heterocycles. The van der Waals surface area contributed by atoms with Gasteiger partial charge in [-0.15, -0.1) is 0 Å². The van der Waals surface area contributed by atoms with E-state index < -0.39 is 5.91 Å². The third-order valence-corrected chi connectivity index (χ3v) is 6.10. The summed E-state index contributed by atoms with van der Waals surface area (Å²) >= 11 is 0. The van der Waals surface area contributed by atoms with Crippen molar-refractivity contribution in [2.75, 3.05) is 38.2 Å². The molecule has 0 spiro atoms. The highest BCUT2D eigenvalue weighted by Gasteiger charge is 2.43. The Kier molecular flexibility index (Phi) is 5.00. The number of fused-ring (bicyclic) bond motifs is 1. The summed E-state index contributed by atoms with van der Waals surface area (Å²) in [6.45, 7) is 9.85. The van der Waals surface area contributed by atoms with E-state index in [1.54, 1.807) is 4.90 Å². The number of morpholine rings is 1. The molecular formula is C21H28N4O4. The van der Waals surface area contributed by atoms with Crippen LogP contribution in [0.15, 0.2) is 22.6 Å². The van der Waals surface area contributed by atoms with Crippen LogP contribution in [0.1, 0.15) is 36.4 Å². The molecule has 156 valence electrons. The van der Waals surface area contributed by atoms with Crippen molar-refractivity contribution >= 4 is 28.6 Å². The minimum atomic E-state index is -0.706. The largest absolute Gasteiger partial charge is 0.449 e. The van der Waals surface area contributed by atoms with Crippen molar-refractivity contribution in [3.8, 4) is 0 Å². The predicted octanol–water partition coefficient (Wildman–Crippen LogP) is 2.56. The summed E-state index contributed by atoms with van der Waals surface area (Å²) in [4.78, 5) is 29.1. The van der Waals surface area contributed by atoms with E-state index in [0.717, 1.165) is 18.5 Å². The van der Waals surface area contributed by atoms with Gasteiger partial charge in [0.1, 0.15) is 11.3 Å². The lowest BCUT2D eigenvalue weighted by molar-refractivity contribution is -0.0491. The van der Waals surface area contributed by atoms with Crippen molar-refractivity contribution in [1.29, 1.82) is 0 Å². The van der Waals surface area contributed by atoms with Crippen LogP contribution in [0.2, 0.25) is 0 Å². The van der Waals surface area contributed by atoms with Crippen LogP contribution in [0.4, 0.5) is 10.5 Å². The van der Waals surface area contributed by atoms with Crippen molar-refractivity contribution in [1.82, 2.24) is 9.80 Å². The van der Waals surface area contributed by atoms with Crippen LogP contribution in [-0.2, 0) is 4.74 Å². The SMILES string of the molecule is Cc1ccc2c(NC(=O)N3CC[C@@](C)(N4CCOC[C@@H]4C)C3)c(C(N)=O)oc2c1. The van der Waals surface area contributed by atoms with Gasteiger partial charge in [-0.25, -0.2) is 4.79 Å². The molecule has 29 heavy (non-hydrogen) atoms. The molecule has 0 unspecified atom stereocenters. The zero-order chi connectivity index (χ0) is 20.8. The van der Waals surface area contributed by atoms with Crippen molar-refractivity contribution in [3.63, 3.8) is 0 Å². The Hall–Kier alpha value is -2.58. The van der Waals surface area contributed by atoms with Gasteiger partial charge in [-0.05, 0) is 44.9 Å². The lowest BCUT2D eigenvalue weighted by Crippen LogP contribution is -2.57. The van der Waals surface area contributed by atoms with Crippen molar-refractivity contribution < 1.29 is 18.7 Å². The fourth-order valence-electron chi connectivity index (χ4n) is 4.57. The first kappa shape index (κ1) is 19.7. The fourth-order valence-corrected chi connectivity index (χ4v) is 4.57. The Morgan fingerprint density at radius 1 is 1.31 bits per heavy atom. The average molecular weight is 400 g/mol. The molecule has 0 aliphatic carbocycles. The summed E-state index contributed by atoms with van der Waals surface area (Å²) in [6.07, 6.45) is 0.888. The van der Waals surface area contributed by atoms with Gasteiger partial charge in [0.25, 0.3) is 5.91 Å². The maximum Gasteiger partial charge on any atom is 0.322 e. The van der Waals surface area contributed by atoms with Crippen molar-refractivity contribution in [3.05, 3.63) is 29.5 Å². The molecule has 2 saturated heterocycles. The number of carbonyl (C=O) groups is 2. The third-order valence-electron chi connectivity index (χ3n) is 6.10. The number of amides is 3. The van der Waals surface area contributed by atoms with Crippen molar-refractivity contribution in [2.45, 2.75) is 38.8 Å². The lowest BCUT2D eigenvalue weighted by atomic mass is 9.96. The quantitative estimate of drug-likeness (QED) is 0.825. The average Bonchev–Trinajstić information content (AvgIpc) is 3.24. The van der Waals surface area contributed by atoms with Crippen LogP contribution >= 0.6 is 0 Å². The summed E-state index contributed by atoms with van der Waals surface area (Å²) < 4.78 is 11.2. The number of rotatable bonds is 3. The minimum Gasteiger partial charge on any atom is -0.449 e. The molecular weight excluding hydrogens is 372 g/mol. The number of anilines is 1. The Morgan fingerprint density at radius 2 is 2.10 bits per heavy atom. The topological polar surface area (TPSA) is 101 Å². The van der Waals surface area contributed by atoms with E-state index in [0.29, 0.717) is 49.0 Å². The van der Waals surface area contributed by atoms with Crippen LogP contribution < -0.4 is 11.1 Å². The van der Waals surface area contributed by atoms with Gasteiger partial charge in [-0.2, -0.15) is 0 Å². The number of nitrogens with two attached hydrogens (primary N) is 1. The smallest absolute Gasteiger partial charge is 0.322 e. The highest BCUT2D eigenvalue weighted by atomic mass is 16.5. The maximum absolute atomic E-state index is 13.0. The molecule has 3 heterocycles. The van der Waals surface area contributed by atoms with E-state index >= 15 is 0 Å². The molecule has 2 atom stereocenters. The lowest BCUT2D eigenvalue weighted by Gasteiger charge is -2.44. The molecule has 2 aromatic rings. The summed E-state index contributed by atoms with van der Waals surface area (Å²) in [5, 5.41) is 3.55. The van der Waals surface area contributed by atoms with Gasteiger partial charge < -0.3 is 25.1 Å². The van der Waals surface area contributed by atoms with E-state index in [9.17, 15) is 9.59 Å². The number of nitrogens with zero attached hydrogens (tertiary/aromatic N) is 2. The maximum atomic E-state index is 13.0. The Labute approximate surface area is 169 Å². The number of carbonyl (C=O) groups excluding carboxylic acids is 2. The molecule has 8 heteroatoms. The molecule has 8 nitrogen and oxygen atoms in total. The second-order valence-electron chi connectivity index (χ2n) is 8.39. The molecule has 0 bridgehead atoms. The molecule has 2 fully saturated rings. The zero-order valence-corrected chi connectivity index (χ0v) is 17.2. The second-order valence-corrected chi connectivity index (χ2v) is 8.39. The Bertz CT molecular complexity index is 956. The number of primary amides is 1. The monoisotopic (exact) mass is 400 g/mol. The number of furan rings is 1. The van der Waals surface area contributed by atoms with Crippen LogP contribution in [0.5, 0.6) is 0 Å². The number of likely N-dealkylation sites (tertiary alicyclic amines) is 1. The fraction of sp³-hybridized carbons (Fsp3) is 0.524. The second kappa shape index (κ2) is 7.35. The van der Waals surface area contributed by atoms with E-state index in [-0.39, 0.29) is 17.3 Å². The number of ether oxygens (including phenoxy) is 1. The predicted molar refractivity (Wildman–Crippen MR) is 110 cm³/mol. The van der Waals surface area contributed by atoms with E-state index in [1.165, 1.54) is 0 Å². The van der Waals surface area contributed by atoms with Gasteiger partial charge in [0.2, 0.25) is 5.76 Å². The molecule has 1 aromatic carbocycles. The highest BCUT2D eigenvalue weighted by molar-refractivity contribution is 6.10. The molecule has 0 saturated carbocycles. The first-order valence-corrected chi connectivity index (χ1v) is 10.0. The number of urea groups is 1. The van der Waals surface area contributed by atoms with Crippen LogP contribution in [0, 0.1) is 6.92 Å². The van der Waals surface area contributed by atoms with Gasteiger partial charge >= 0.3 is 6.03 Å². The first-order valence-electron chi connectivity index (χ1n) is 10.0. The van der Waals surface area contributed by atoms with Gasteiger partial charge in [0, 0.05) is 36.6 Å². The number of aryl methyl sites for hydroxylation is 1. The van der Waals surface area contributed by atoms with Gasteiger partial charge in [-0.1, -0.05) is 6.07 Å². The third kappa shape index (κ3) is 3.58. The number of hydrogen-bond donors (Lipinski definition) is 2. The minimum absolute atomic E-state index is 0.0253. The molecule has 1 aromatic heterocycles.